The van der Waals surface area contributed by atoms with Crippen molar-refractivity contribution in [3.63, 3.8) is 0 Å². The maximum atomic E-state index is 5.84. The molecule has 2 unspecified atom stereocenters. The third-order valence-corrected chi connectivity index (χ3v) is 2.91. The zero-order valence-corrected chi connectivity index (χ0v) is 9.84. The lowest BCUT2D eigenvalue weighted by Gasteiger charge is -2.24. The Labute approximate surface area is 95.6 Å². The molecule has 0 saturated carbocycles. The molecule has 1 aromatic rings. The van der Waals surface area contributed by atoms with E-state index in [-0.39, 0.29) is 5.72 Å². The highest BCUT2D eigenvalue weighted by Gasteiger charge is 2.33. The molecular formula is C12H16ClNO. The first-order valence-corrected chi connectivity index (χ1v) is 5.61. The molecule has 0 aromatic heterocycles. The van der Waals surface area contributed by atoms with Gasteiger partial charge in [-0.15, -0.1) is 0 Å². The SMILES string of the molecule is CC1COC(C)(Cc2ccc(Cl)cc2)N1. The van der Waals surface area contributed by atoms with Gasteiger partial charge in [0.15, 0.2) is 0 Å². The van der Waals surface area contributed by atoms with E-state index in [0.717, 1.165) is 18.1 Å². The summed E-state index contributed by atoms with van der Waals surface area (Å²) >= 11 is 5.84. The maximum absolute atomic E-state index is 5.84. The highest BCUT2D eigenvalue weighted by Crippen LogP contribution is 2.21. The molecule has 0 spiro atoms. The summed E-state index contributed by atoms with van der Waals surface area (Å²) in [5.41, 5.74) is 1.01. The minimum atomic E-state index is -0.229. The van der Waals surface area contributed by atoms with Gasteiger partial charge in [0.05, 0.1) is 6.61 Å². The van der Waals surface area contributed by atoms with Crippen molar-refractivity contribution in [2.75, 3.05) is 6.61 Å². The smallest absolute Gasteiger partial charge is 0.120 e. The van der Waals surface area contributed by atoms with Gasteiger partial charge < -0.3 is 4.74 Å². The summed E-state index contributed by atoms with van der Waals surface area (Å²) in [7, 11) is 0. The predicted octanol–water partition coefficient (Wildman–Crippen LogP) is 2.61. The molecule has 0 amide bonds. The molecule has 1 N–H and O–H groups in total. The molecular weight excluding hydrogens is 210 g/mol. The van der Waals surface area contributed by atoms with Gasteiger partial charge in [-0.3, -0.25) is 5.32 Å². The van der Waals surface area contributed by atoms with Gasteiger partial charge in [-0.05, 0) is 31.5 Å². The number of hydrogen-bond acceptors (Lipinski definition) is 2. The Balaban J connectivity index is 2.05. The van der Waals surface area contributed by atoms with Crippen molar-refractivity contribution < 1.29 is 4.74 Å². The molecule has 2 rings (SSSR count). The Hall–Kier alpha value is -0.570. The van der Waals surface area contributed by atoms with E-state index in [0.29, 0.717) is 6.04 Å². The first-order valence-electron chi connectivity index (χ1n) is 5.23. The van der Waals surface area contributed by atoms with Crippen LogP contribution in [0.5, 0.6) is 0 Å². The zero-order valence-electron chi connectivity index (χ0n) is 9.09. The lowest BCUT2D eigenvalue weighted by Crippen LogP contribution is -2.42. The standard InChI is InChI=1S/C12H16ClNO/c1-9-8-15-12(2,14-9)7-10-3-5-11(13)6-4-10/h3-6,9,14H,7-8H2,1-2H3. The Bertz CT molecular complexity index is 338. The molecule has 0 radical (unpaired) electrons. The van der Waals surface area contributed by atoms with Crippen LogP contribution in [-0.4, -0.2) is 18.4 Å². The van der Waals surface area contributed by atoms with E-state index in [1.165, 1.54) is 5.56 Å². The summed E-state index contributed by atoms with van der Waals surface area (Å²) in [6, 6.07) is 8.35. The minimum Gasteiger partial charge on any atom is -0.359 e. The average Bonchev–Trinajstić information content (AvgIpc) is 2.50. The van der Waals surface area contributed by atoms with Gasteiger partial charge in [-0.2, -0.15) is 0 Å². The summed E-state index contributed by atoms with van der Waals surface area (Å²) in [6.45, 7) is 5.00. The molecule has 1 fully saturated rings. The van der Waals surface area contributed by atoms with Gasteiger partial charge in [0.2, 0.25) is 0 Å². The number of rotatable bonds is 2. The molecule has 0 aliphatic carbocycles. The Morgan fingerprint density at radius 1 is 1.47 bits per heavy atom. The highest BCUT2D eigenvalue weighted by molar-refractivity contribution is 6.30. The summed E-state index contributed by atoms with van der Waals surface area (Å²) in [4.78, 5) is 0. The lowest BCUT2D eigenvalue weighted by atomic mass is 10.0. The van der Waals surface area contributed by atoms with E-state index in [1.807, 2.05) is 24.3 Å². The van der Waals surface area contributed by atoms with Crippen LogP contribution < -0.4 is 5.32 Å². The van der Waals surface area contributed by atoms with Gasteiger partial charge in [0.25, 0.3) is 0 Å². The van der Waals surface area contributed by atoms with Crippen LogP contribution in [-0.2, 0) is 11.2 Å². The van der Waals surface area contributed by atoms with E-state index in [4.69, 9.17) is 16.3 Å². The first-order chi connectivity index (χ1) is 7.07. The summed E-state index contributed by atoms with van der Waals surface area (Å²) in [5, 5.41) is 4.21. The van der Waals surface area contributed by atoms with Gasteiger partial charge in [-0.1, -0.05) is 23.7 Å². The second-order valence-corrected chi connectivity index (χ2v) is 4.83. The highest BCUT2D eigenvalue weighted by atomic mass is 35.5. The molecule has 1 aliphatic rings. The fourth-order valence-corrected chi connectivity index (χ4v) is 2.13. The summed E-state index contributed by atoms with van der Waals surface area (Å²) < 4.78 is 5.74. The van der Waals surface area contributed by atoms with Crippen molar-refractivity contribution in [1.82, 2.24) is 5.32 Å². The van der Waals surface area contributed by atoms with E-state index in [2.05, 4.69) is 19.2 Å². The maximum Gasteiger partial charge on any atom is 0.120 e. The van der Waals surface area contributed by atoms with Crippen LogP contribution in [0.1, 0.15) is 19.4 Å². The summed E-state index contributed by atoms with van der Waals surface area (Å²) in [6.07, 6.45) is 0.870. The van der Waals surface area contributed by atoms with Crippen LogP contribution in [0.3, 0.4) is 0 Å². The van der Waals surface area contributed by atoms with E-state index < -0.39 is 0 Å². The number of halogens is 1. The van der Waals surface area contributed by atoms with Crippen molar-refractivity contribution in [2.45, 2.75) is 32.0 Å². The van der Waals surface area contributed by atoms with E-state index in [1.54, 1.807) is 0 Å². The molecule has 2 atom stereocenters. The second-order valence-electron chi connectivity index (χ2n) is 4.39. The number of nitrogens with one attached hydrogen (secondary N) is 1. The third kappa shape index (κ3) is 2.71. The monoisotopic (exact) mass is 225 g/mol. The van der Waals surface area contributed by atoms with Crippen molar-refractivity contribution in [3.8, 4) is 0 Å². The molecule has 0 bridgehead atoms. The third-order valence-electron chi connectivity index (χ3n) is 2.66. The molecule has 1 saturated heterocycles. The first kappa shape index (κ1) is 10.9. The van der Waals surface area contributed by atoms with Crippen LogP contribution in [0.25, 0.3) is 0 Å². The number of ether oxygens (including phenoxy) is 1. The normalized spacial score (nSPS) is 30.7. The number of benzene rings is 1. The largest absolute Gasteiger partial charge is 0.359 e. The Kier molecular flexibility index (Phi) is 3.01. The molecule has 2 nitrogen and oxygen atoms in total. The minimum absolute atomic E-state index is 0.229. The van der Waals surface area contributed by atoms with E-state index >= 15 is 0 Å². The molecule has 3 heteroatoms. The Morgan fingerprint density at radius 3 is 2.67 bits per heavy atom. The van der Waals surface area contributed by atoms with Gasteiger partial charge in [-0.25, -0.2) is 0 Å². The second kappa shape index (κ2) is 4.12. The van der Waals surface area contributed by atoms with Crippen molar-refractivity contribution in [2.24, 2.45) is 0 Å². The van der Waals surface area contributed by atoms with Crippen LogP contribution >= 0.6 is 11.6 Å². The van der Waals surface area contributed by atoms with E-state index in [9.17, 15) is 0 Å². The lowest BCUT2D eigenvalue weighted by molar-refractivity contribution is 0.00690. The van der Waals surface area contributed by atoms with Gasteiger partial charge in [0.1, 0.15) is 5.72 Å². The van der Waals surface area contributed by atoms with Crippen molar-refractivity contribution in [3.05, 3.63) is 34.9 Å². The van der Waals surface area contributed by atoms with Crippen LogP contribution in [0.15, 0.2) is 24.3 Å². The molecule has 1 aromatic carbocycles. The van der Waals surface area contributed by atoms with Crippen LogP contribution in [0, 0.1) is 0 Å². The molecule has 82 valence electrons. The molecule has 1 aliphatic heterocycles. The zero-order chi connectivity index (χ0) is 10.9. The van der Waals surface area contributed by atoms with Crippen molar-refractivity contribution >= 4 is 11.6 Å². The predicted molar refractivity (Wildman–Crippen MR) is 62.1 cm³/mol. The summed E-state index contributed by atoms with van der Waals surface area (Å²) in [5.74, 6) is 0. The Morgan fingerprint density at radius 2 is 2.13 bits per heavy atom. The molecule has 1 heterocycles. The van der Waals surface area contributed by atoms with Crippen LogP contribution in [0.2, 0.25) is 5.02 Å². The fraction of sp³-hybridized carbons (Fsp3) is 0.500. The average molecular weight is 226 g/mol. The van der Waals surface area contributed by atoms with Crippen LogP contribution in [0.4, 0.5) is 0 Å². The van der Waals surface area contributed by atoms with Gasteiger partial charge in [0, 0.05) is 17.5 Å². The fourth-order valence-electron chi connectivity index (χ4n) is 2.01. The van der Waals surface area contributed by atoms with Gasteiger partial charge >= 0.3 is 0 Å². The topological polar surface area (TPSA) is 21.3 Å². The quantitative estimate of drug-likeness (QED) is 0.836. The number of hydrogen-bond donors (Lipinski definition) is 1. The van der Waals surface area contributed by atoms with Crippen molar-refractivity contribution in [1.29, 1.82) is 0 Å². The molecule has 15 heavy (non-hydrogen) atoms.